The monoisotopic (exact) mass is 252 g/mol. The zero-order valence-corrected chi connectivity index (χ0v) is 10.0. The summed E-state index contributed by atoms with van der Waals surface area (Å²) in [6.45, 7) is -1.54. The Morgan fingerprint density at radius 3 is 2.19 bits per heavy atom. The van der Waals surface area contributed by atoms with E-state index in [-0.39, 0.29) is 19.4 Å². The van der Waals surface area contributed by atoms with Gasteiger partial charge in [0.15, 0.2) is 0 Å². The SMILES string of the molecule is OCC1(C2(O)CC(CF)(CF)C2)CCSC1. The maximum Gasteiger partial charge on any atom is 0.0977 e. The smallest absolute Gasteiger partial charge is 0.0977 e. The van der Waals surface area contributed by atoms with Crippen LogP contribution in [0.4, 0.5) is 8.78 Å². The minimum Gasteiger partial charge on any atom is -0.396 e. The van der Waals surface area contributed by atoms with E-state index >= 15 is 0 Å². The fraction of sp³-hybridized carbons (Fsp3) is 1.00. The second-order valence-corrected chi connectivity index (χ2v) is 6.50. The number of aliphatic hydroxyl groups is 2. The van der Waals surface area contributed by atoms with E-state index in [9.17, 15) is 19.0 Å². The number of alkyl halides is 2. The lowest BCUT2D eigenvalue weighted by Gasteiger charge is -2.58. The second-order valence-electron chi connectivity index (χ2n) is 5.39. The van der Waals surface area contributed by atoms with Crippen LogP contribution < -0.4 is 0 Å². The first-order valence-electron chi connectivity index (χ1n) is 5.58. The fourth-order valence-corrected chi connectivity index (χ4v) is 4.61. The summed E-state index contributed by atoms with van der Waals surface area (Å²) in [4.78, 5) is 0. The largest absolute Gasteiger partial charge is 0.396 e. The molecule has 0 aromatic rings. The predicted octanol–water partition coefficient (Wildman–Crippen LogP) is 1.55. The molecule has 2 nitrogen and oxygen atoms in total. The number of rotatable bonds is 4. The number of thioether (sulfide) groups is 1. The number of aliphatic hydroxyl groups excluding tert-OH is 1. The molecule has 94 valence electrons. The number of hydrogen-bond acceptors (Lipinski definition) is 3. The Morgan fingerprint density at radius 1 is 1.19 bits per heavy atom. The highest BCUT2D eigenvalue weighted by Crippen LogP contribution is 2.60. The van der Waals surface area contributed by atoms with Crippen LogP contribution in [0.25, 0.3) is 0 Å². The molecule has 2 rings (SSSR count). The summed E-state index contributed by atoms with van der Waals surface area (Å²) in [6, 6.07) is 0. The molecule has 1 aliphatic carbocycles. The zero-order chi connectivity index (χ0) is 11.9. The van der Waals surface area contributed by atoms with Crippen LogP contribution in [0.2, 0.25) is 0 Å². The summed E-state index contributed by atoms with van der Waals surface area (Å²) in [5.74, 6) is 1.59. The molecule has 5 heteroatoms. The van der Waals surface area contributed by atoms with Gasteiger partial charge in [-0.15, -0.1) is 0 Å². The van der Waals surface area contributed by atoms with Crippen molar-refractivity contribution in [1.82, 2.24) is 0 Å². The van der Waals surface area contributed by atoms with E-state index in [4.69, 9.17) is 0 Å². The topological polar surface area (TPSA) is 40.5 Å². The third-order valence-corrected chi connectivity index (χ3v) is 5.54. The Kier molecular flexibility index (Phi) is 3.23. The van der Waals surface area contributed by atoms with Crippen molar-refractivity contribution in [1.29, 1.82) is 0 Å². The Bertz CT molecular complexity index is 255. The minimum atomic E-state index is -1.07. The number of halogens is 2. The van der Waals surface area contributed by atoms with Gasteiger partial charge in [0.05, 0.1) is 25.6 Å². The summed E-state index contributed by atoms with van der Waals surface area (Å²) in [5.41, 5.74) is -2.58. The molecule has 1 aliphatic heterocycles. The maximum atomic E-state index is 12.7. The van der Waals surface area contributed by atoms with Crippen LogP contribution in [0.1, 0.15) is 19.3 Å². The molecule has 0 amide bonds. The molecule has 1 atom stereocenters. The van der Waals surface area contributed by atoms with Crippen LogP contribution in [0, 0.1) is 10.8 Å². The zero-order valence-electron chi connectivity index (χ0n) is 9.22. The third-order valence-electron chi connectivity index (χ3n) is 4.29. The average molecular weight is 252 g/mol. The van der Waals surface area contributed by atoms with Gasteiger partial charge in [-0.05, 0) is 25.0 Å². The second kappa shape index (κ2) is 4.10. The Hall–Kier alpha value is 0.130. The molecule has 1 saturated carbocycles. The van der Waals surface area contributed by atoms with E-state index in [1.54, 1.807) is 11.8 Å². The van der Waals surface area contributed by atoms with Crippen molar-refractivity contribution in [2.75, 3.05) is 31.5 Å². The fourth-order valence-electron chi connectivity index (χ4n) is 3.03. The van der Waals surface area contributed by atoms with Crippen molar-refractivity contribution in [3.8, 4) is 0 Å². The van der Waals surface area contributed by atoms with Crippen LogP contribution in [0.3, 0.4) is 0 Å². The van der Waals surface area contributed by atoms with Crippen LogP contribution in [-0.4, -0.2) is 47.3 Å². The van der Waals surface area contributed by atoms with Gasteiger partial charge in [0.2, 0.25) is 0 Å². The molecule has 2 fully saturated rings. The molecule has 0 spiro atoms. The van der Waals surface area contributed by atoms with Gasteiger partial charge in [0.1, 0.15) is 0 Å². The highest BCUT2D eigenvalue weighted by atomic mass is 32.2. The Balaban J connectivity index is 2.11. The van der Waals surface area contributed by atoms with Gasteiger partial charge in [0, 0.05) is 16.6 Å². The molecule has 0 radical (unpaired) electrons. The summed E-state index contributed by atoms with van der Waals surface area (Å²) < 4.78 is 25.5. The van der Waals surface area contributed by atoms with Gasteiger partial charge in [-0.25, -0.2) is 0 Å². The van der Waals surface area contributed by atoms with Crippen LogP contribution in [0.15, 0.2) is 0 Å². The van der Waals surface area contributed by atoms with Crippen molar-refractivity contribution in [3.05, 3.63) is 0 Å². The first-order valence-corrected chi connectivity index (χ1v) is 6.74. The van der Waals surface area contributed by atoms with Gasteiger partial charge in [-0.2, -0.15) is 11.8 Å². The van der Waals surface area contributed by atoms with Crippen molar-refractivity contribution in [2.45, 2.75) is 24.9 Å². The Labute approximate surface area is 98.4 Å². The molecule has 1 heterocycles. The maximum absolute atomic E-state index is 12.7. The van der Waals surface area contributed by atoms with Gasteiger partial charge < -0.3 is 10.2 Å². The van der Waals surface area contributed by atoms with Crippen LogP contribution in [-0.2, 0) is 0 Å². The van der Waals surface area contributed by atoms with E-state index in [1.807, 2.05) is 0 Å². The van der Waals surface area contributed by atoms with E-state index in [0.29, 0.717) is 5.75 Å². The quantitative estimate of drug-likeness (QED) is 0.797. The molecule has 2 aliphatic rings. The lowest BCUT2D eigenvalue weighted by molar-refractivity contribution is -0.216. The third kappa shape index (κ3) is 1.59. The summed E-state index contributed by atoms with van der Waals surface area (Å²) in [7, 11) is 0. The van der Waals surface area contributed by atoms with Gasteiger partial charge in [-0.3, -0.25) is 8.78 Å². The molecule has 0 aromatic carbocycles. The van der Waals surface area contributed by atoms with Gasteiger partial charge in [-0.1, -0.05) is 0 Å². The number of hydrogen-bond donors (Lipinski definition) is 2. The molecule has 16 heavy (non-hydrogen) atoms. The predicted molar refractivity (Wildman–Crippen MR) is 60.0 cm³/mol. The van der Waals surface area contributed by atoms with E-state index in [2.05, 4.69) is 0 Å². The average Bonchev–Trinajstić information content (AvgIpc) is 2.74. The molecule has 1 unspecified atom stereocenters. The summed E-state index contributed by atoms with van der Waals surface area (Å²) >= 11 is 1.69. The first kappa shape index (κ1) is 12.6. The first-order chi connectivity index (χ1) is 7.55. The molecule has 1 saturated heterocycles. The molecular weight excluding hydrogens is 234 g/mol. The van der Waals surface area contributed by atoms with Crippen LogP contribution >= 0.6 is 11.8 Å². The molecular formula is C11H18F2O2S. The minimum absolute atomic E-state index is 0.0921. The highest BCUT2D eigenvalue weighted by Gasteiger charge is 2.64. The summed E-state index contributed by atoms with van der Waals surface area (Å²) in [5, 5.41) is 19.9. The van der Waals surface area contributed by atoms with Crippen molar-refractivity contribution in [3.63, 3.8) is 0 Å². The van der Waals surface area contributed by atoms with Crippen molar-refractivity contribution in [2.24, 2.45) is 10.8 Å². The lowest BCUT2D eigenvalue weighted by atomic mass is 9.51. The van der Waals surface area contributed by atoms with E-state index in [0.717, 1.165) is 12.2 Å². The molecule has 0 aromatic heterocycles. The van der Waals surface area contributed by atoms with E-state index < -0.39 is 29.8 Å². The lowest BCUT2D eigenvalue weighted by Crippen LogP contribution is -2.64. The van der Waals surface area contributed by atoms with Gasteiger partial charge >= 0.3 is 0 Å². The standard InChI is InChI=1S/C11H18F2O2S/c12-5-9(6-13)3-11(15,4-9)10(7-14)1-2-16-8-10/h14-15H,1-8H2. The van der Waals surface area contributed by atoms with Crippen molar-refractivity contribution < 1.29 is 19.0 Å². The Morgan fingerprint density at radius 2 is 1.81 bits per heavy atom. The molecule has 0 bridgehead atoms. The summed E-state index contributed by atoms with van der Waals surface area (Å²) in [6.07, 6.45) is 1.03. The molecule has 2 N–H and O–H groups in total. The van der Waals surface area contributed by atoms with Gasteiger partial charge in [0.25, 0.3) is 0 Å². The van der Waals surface area contributed by atoms with E-state index in [1.165, 1.54) is 0 Å². The van der Waals surface area contributed by atoms with Crippen LogP contribution in [0.5, 0.6) is 0 Å². The highest BCUT2D eigenvalue weighted by molar-refractivity contribution is 7.99. The normalized spacial score (nSPS) is 36.0. The van der Waals surface area contributed by atoms with Crippen molar-refractivity contribution >= 4 is 11.8 Å².